The van der Waals surface area contributed by atoms with Crippen LogP contribution in [0.15, 0.2) is 47.4 Å². The van der Waals surface area contributed by atoms with E-state index in [1.165, 1.54) is 5.56 Å². The Morgan fingerprint density at radius 2 is 1.92 bits per heavy atom. The van der Waals surface area contributed by atoms with Crippen molar-refractivity contribution in [1.29, 1.82) is 0 Å². The zero-order valence-corrected chi connectivity index (χ0v) is 14.5. The number of hydrogen-bond donors (Lipinski definition) is 1. The van der Waals surface area contributed by atoms with E-state index in [-0.39, 0.29) is 5.56 Å². The molecule has 1 aromatic carbocycles. The van der Waals surface area contributed by atoms with Crippen molar-refractivity contribution in [2.75, 3.05) is 13.1 Å². The fourth-order valence-electron chi connectivity index (χ4n) is 3.01. The molecule has 0 unspecified atom stereocenters. The van der Waals surface area contributed by atoms with E-state index >= 15 is 0 Å². The number of nitrogens with zero attached hydrogens (tertiary/aromatic N) is 2. The molecule has 0 bridgehead atoms. The summed E-state index contributed by atoms with van der Waals surface area (Å²) in [6, 6.07) is 12.1. The van der Waals surface area contributed by atoms with Gasteiger partial charge in [-0.25, -0.2) is 4.98 Å². The summed E-state index contributed by atoms with van der Waals surface area (Å²) >= 11 is 0. The summed E-state index contributed by atoms with van der Waals surface area (Å²) in [5.74, 6) is 0. The quantitative estimate of drug-likeness (QED) is 0.779. The smallest absolute Gasteiger partial charge is 0.257 e. The minimum Gasteiger partial charge on any atom is -0.329 e. The normalized spacial score (nSPS) is 11.3. The van der Waals surface area contributed by atoms with Crippen LogP contribution in [-0.2, 0) is 6.54 Å². The number of nitrogens with one attached hydrogen (secondary N) is 1. The van der Waals surface area contributed by atoms with E-state index in [9.17, 15) is 4.79 Å². The van der Waals surface area contributed by atoms with Gasteiger partial charge < -0.3 is 4.98 Å². The molecule has 0 aliphatic carbocycles. The number of aryl methyl sites for hydroxylation is 1. The zero-order valence-electron chi connectivity index (χ0n) is 14.5. The third kappa shape index (κ3) is 3.24. The number of pyridine rings is 2. The van der Waals surface area contributed by atoms with Crippen molar-refractivity contribution in [3.05, 3.63) is 64.1 Å². The van der Waals surface area contributed by atoms with Crippen molar-refractivity contribution in [3.8, 4) is 11.3 Å². The van der Waals surface area contributed by atoms with Gasteiger partial charge in [0.2, 0.25) is 0 Å². The van der Waals surface area contributed by atoms with E-state index in [2.05, 4.69) is 48.9 Å². The average Bonchev–Trinajstić information content (AvgIpc) is 2.59. The zero-order chi connectivity index (χ0) is 17.1. The summed E-state index contributed by atoms with van der Waals surface area (Å²) in [4.78, 5) is 21.9. The monoisotopic (exact) mass is 321 g/mol. The summed E-state index contributed by atoms with van der Waals surface area (Å²) in [6.45, 7) is 9.38. The number of rotatable bonds is 5. The van der Waals surface area contributed by atoms with Gasteiger partial charge >= 0.3 is 0 Å². The maximum absolute atomic E-state index is 12.1. The van der Waals surface area contributed by atoms with Crippen LogP contribution in [0.3, 0.4) is 0 Å². The molecule has 1 N–H and O–H groups in total. The highest BCUT2D eigenvalue weighted by Crippen LogP contribution is 2.24. The maximum atomic E-state index is 12.1. The number of hydrogen-bond acceptors (Lipinski definition) is 3. The van der Waals surface area contributed by atoms with Gasteiger partial charge in [-0.15, -0.1) is 0 Å². The van der Waals surface area contributed by atoms with E-state index in [4.69, 9.17) is 4.98 Å². The van der Waals surface area contributed by atoms with Crippen molar-refractivity contribution in [2.45, 2.75) is 27.3 Å². The van der Waals surface area contributed by atoms with Crippen LogP contribution < -0.4 is 5.56 Å². The van der Waals surface area contributed by atoms with Gasteiger partial charge in [-0.2, -0.15) is 0 Å². The van der Waals surface area contributed by atoms with E-state index in [0.29, 0.717) is 5.56 Å². The fraction of sp³-hybridized carbons (Fsp3) is 0.300. The highest BCUT2D eigenvalue weighted by atomic mass is 16.1. The number of benzene rings is 1. The minimum atomic E-state index is -0.108. The molecule has 0 saturated heterocycles. The van der Waals surface area contributed by atoms with E-state index in [1.807, 2.05) is 18.2 Å². The van der Waals surface area contributed by atoms with E-state index in [0.717, 1.165) is 41.8 Å². The average molecular weight is 321 g/mol. The second-order valence-electron chi connectivity index (χ2n) is 6.05. The Bertz CT molecular complexity index is 910. The standard InChI is InChI=1S/C20H23N3O/c1-4-23(5-2)13-15-8-9-16-14(3)11-18(22-19(16)12-15)17-7-6-10-21-20(17)24/h6-12H,4-5,13H2,1-3H3,(H,21,24). The molecule has 24 heavy (non-hydrogen) atoms. The minimum absolute atomic E-state index is 0.108. The Hall–Kier alpha value is -2.46. The van der Waals surface area contributed by atoms with Crippen LogP contribution in [0, 0.1) is 6.92 Å². The van der Waals surface area contributed by atoms with E-state index in [1.54, 1.807) is 6.20 Å². The lowest BCUT2D eigenvalue weighted by Crippen LogP contribution is -2.22. The first-order chi connectivity index (χ1) is 11.6. The van der Waals surface area contributed by atoms with Crippen molar-refractivity contribution in [1.82, 2.24) is 14.9 Å². The third-order valence-electron chi connectivity index (χ3n) is 4.48. The Morgan fingerprint density at radius 3 is 2.62 bits per heavy atom. The lowest BCUT2D eigenvalue weighted by atomic mass is 10.0. The molecule has 3 aromatic rings. The highest BCUT2D eigenvalue weighted by Gasteiger charge is 2.09. The predicted molar refractivity (Wildman–Crippen MR) is 99.2 cm³/mol. The molecule has 0 atom stereocenters. The first-order valence-electron chi connectivity index (χ1n) is 8.43. The maximum Gasteiger partial charge on any atom is 0.257 e. The summed E-state index contributed by atoms with van der Waals surface area (Å²) in [5, 5.41) is 1.13. The molecule has 2 aromatic heterocycles. The van der Waals surface area contributed by atoms with Gasteiger partial charge in [0.1, 0.15) is 0 Å². The molecular formula is C20H23N3O. The molecule has 0 spiro atoms. The Labute approximate surface area is 142 Å². The summed E-state index contributed by atoms with van der Waals surface area (Å²) in [5.41, 5.74) is 4.55. The first kappa shape index (κ1) is 16.4. The van der Waals surface area contributed by atoms with Crippen LogP contribution >= 0.6 is 0 Å². The summed E-state index contributed by atoms with van der Waals surface area (Å²) < 4.78 is 0. The number of aromatic nitrogens is 2. The lowest BCUT2D eigenvalue weighted by Gasteiger charge is -2.18. The Morgan fingerprint density at radius 1 is 1.12 bits per heavy atom. The predicted octanol–water partition coefficient (Wildman–Crippen LogP) is 3.74. The van der Waals surface area contributed by atoms with Crippen LogP contribution in [0.25, 0.3) is 22.2 Å². The van der Waals surface area contributed by atoms with Crippen LogP contribution in [0.4, 0.5) is 0 Å². The van der Waals surface area contributed by atoms with Gasteiger partial charge in [-0.3, -0.25) is 9.69 Å². The molecule has 0 aliphatic rings. The molecule has 4 nitrogen and oxygen atoms in total. The largest absolute Gasteiger partial charge is 0.329 e. The van der Waals surface area contributed by atoms with Gasteiger partial charge in [0.25, 0.3) is 5.56 Å². The molecule has 124 valence electrons. The van der Waals surface area contributed by atoms with Crippen LogP contribution in [-0.4, -0.2) is 28.0 Å². The molecule has 3 rings (SSSR count). The second kappa shape index (κ2) is 6.97. The van der Waals surface area contributed by atoms with Gasteiger partial charge in [-0.1, -0.05) is 26.0 Å². The Kier molecular flexibility index (Phi) is 4.76. The summed E-state index contributed by atoms with van der Waals surface area (Å²) in [7, 11) is 0. The number of aromatic amines is 1. The van der Waals surface area contributed by atoms with Gasteiger partial charge in [0.05, 0.1) is 16.8 Å². The van der Waals surface area contributed by atoms with Gasteiger partial charge in [-0.05, 0) is 55.4 Å². The molecule has 2 heterocycles. The third-order valence-corrected chi connectivity index (χ3v) is 4.48. The van der Waals surface area contributed by atoms with Crippen LogP contribution in [0.1, 0.15) is 25.0 Å². The topological polar surface area (TPSA) is 49.0 Å². The van der Waals surface area contributed by atoms with Crippen LogP contribution in [0.2, 0.25) is 0 Å². The first-order valence-corrected chi connectivity index (χ1v) is 8.43. The lowest BCUT2D eigenvalue weighted by molar-refractivity contribution is 0.296. The highest BCUT2D eigenvalue weighted by molar-refractivity contribution is 5.85. The second-order valence-corrected chi connectivity index (χ2v) is 6.05. The summed E-state index contributed by atoms with van der Waals surface area (Å²) in [6.07, 6.45) is 1.64. The SMILES string of the molecule is CCN(CC)Cc1ccc2c(C)cc(-c3ccc[nH]c3=O)nc2c1. The van der Waals surface area contributed by atoms with E-state index < -0.39 is 0 Å². The van der Waals surface area contributed by atoms with Gasteiger partial charge in [0.15, 0.2) is 0 Å². The van der Waals surface area contributed by atoms with Gasteiger partial charge in [0, 0.05) is 18.1 Å². The Balaban J connectivity index is 2.08. The number of H-pyrrole nitrogens is 1. The molecule has 0 amide bonds. The molecule has 0 radical (unpaired) electrons. The molecular weight excluding hydrogens is 298 g/mol. The number of fused-ring (bicyclic) bond motifs is 1. The van der Waals surface area contributed by atoms with Crippen molar-refractivity contribution in [2.24, 2.45) is 0 Å². The molecule has 0 aliphatic heterocycles. The molecule has 0 fully saturated rings. The molecule has 0 saturated carbocycles. The van der Waals surface area contributed by atoms with Crippen molar-refractivity contribution < 1.29 is 0 Å². The van der Waals surface area contributed by atoms with Crippen LogP contribution in [0.5, 0.6) is 0 Å². The molecule has 4 heteroatoms. The fourth-order valence-corrected chi connectivity index (χ4v) is 3.01. The van der Waals surface area contributed by atoms with Crippen molar-refractivity contribution >= 4 is 10.9 Å². The van der Waals surface area contributed by atoms with Crippen molar-refractivity contribution in [3.63, 3.8) is 0 Å².